The second-order valence-electron chi connectivity index (χ2n) is 1.49. The molecule has 0 aliphatic heterocycles. The molecule has 0 aromatic rings. The fourth-order valence-corrected chi connectivity index (χ4v) is 0.173. The first-order chi connectivity index (χ1) is 3.89. The van der Waals surface area contributed by atoms with E-state index in [2.05, 4.69) is 15.9 Å². The molecule has 0 fully saturated rings. The Morgan fingerprint density at radius 2 is 2.00 bits per heavy atom. The van der Waals surface area contributed by atoms with Gasteiger partial charge in [0.05, 0.1) is 0 Å². The van der Waals surface area contributed by atoms with Crippen LogP contribution in [0.3, 0.4) is 0 Å². The summed E-state index contributed by atoms with van der Waals surface area (Å²) in [6, 6.07) is 0. The van der Waals surface area contributed by atoms with Gasteiger partial charge in [0.15, 0.2) is 5.78 Å². The lowest BCUT2D eigenvalue weighted by atomic mass is 10.3. The Balaban J connectivity index is 4.38. The first kappa shape index (κ1) is 8.91. The van der Waals surface area contributed by atoms with Crippen molar-refractivity contribution in [2.75, 3.05) is 0 Å². The van der Waals surface area contributed by atoms with Gasteiger partial charge in [-0.3, -0.25) is 9.59 Å². The third kappa shape index (κ3) is 1.95. The molecule has 0 bridgehead atoms. The van der Waals surface area contributed by atoms with Crippen molar-refractivity contribution in [3.8, 4) is 0 Å². The van der Waals surface area contributed by atoms with Gasteiger partial charge in [0, 0.05) is 0 Å². The number of amides is 1. The second kappa shape index (κ2) is 2.66. The summed E-state index contributed by atoms with van der Waals surface area (Å²) in [5.41, 5.74) is 4.73. The number of Topliss-reactive ketones (excluding diaryl/α,β-unsaturated/α-hetero) is 1. The molecule has 0 aromatic heterocycles. The molecule has 1 atom stereocenters. The molecule has 0 spiro atoms. The van der Waals surface area contributed by atoms with Crippen LogP contribution in [-0.4, -0.2) is 15.5 Å². The van der Waals surface area contributed by atoms with Crippen LogP contribution >= 0.6 is 27.5 Å². The van der Waals surface area contributed by atoms with Gasteiger partial charge in [0.2, 0.25) is 3.78 Å². The molecule has 2 N–H and O–H groups in total. The number of rotatable bonds is 2. The SMILES string of the molecule is CC(=O)C(Cl)(Br)C(N)=O. The van der Waals surface area contributed by atoms with Gasteiger partial charge in [-0.15, -0.1) is 0 Å². The van der Waals surface area contributed by atoms with Crippen molar-refractivity contribution in [3.63, 3.8) is 0 Å². The van der Waals surface area contributed by atoms with Crippen LogP contribution in [0.15, 0.2) is 0 Å². The van der Waals surface area contributed by atoms with E-state index in [1.807, 2.05) is 0 Å². The Labute approximate surface area is 65.7 Å². The van der Waals surface area contributed by atoms with Crippen molar-refractivity contribution < 1.29 is 9.59 Å². The highest BCUT2D eigenvalue weighted by Crippen LogP contribution is 2.23. The number of hydrogen-bond acceptors (Lipinski definition) is 2. The van der Waals surface area contributed by atoms with Crippen LogP contribution in [0.5, 0.6) is 0 Å². The molecule has 1 unspecified atom stereocenters. The van der Waals surface area contributed by atoms with Crippen LogP contribution < -0.4 is 5.73 Å². The third-order valence-electron chi connectivity index (χ3n) is 0.752. The van der Waals surface area contributed by atoms with Gasteiger partial charge >= 0.3 is 0 Å². The van der Waals surface area contributed by atoms with Crippen LogP contribution in [0.4, 0.5) is 0 Å². The highest BCUT2D eigenvalue weighted by Gasteiger charge is 2.35. The molecule has 0 saturated heterocycles. The molecule has 9 heavy (non-hydrogen) atoms. The van der Waals surface area contributed by atoms with Crippen LogP contribution in [0.25, 0.3) is 0 Å². The Kier molecular flexibility index (Phi) is 2.64. The summed E-state index contributed by atoms with van der Waals surface area (Å²) in [5, 5.41) is 0. The van der Waals surface area contributed by atoms with E-state index in [9.17, 15) is 9.59 Å². The van der Waals surface area contributed by atoms with Gasteiger partial charge < -0.3 is 5.73 Å². The Morgan fingerprint density at radius 3 is 2.00 bits per heavy atom. The summed E-state index contributed by atoms with van der Waals surface area (Å²) in [6.45, 7) is 1.17. The highest BCUT2D eigenvalue weighted by atomic mass is 79.9. The second-order valence-corrected chi connectivity index (χ2v) is 3.71. The molecule has 52 valence electrons. The van der Waals surface area contributed by atoms with Crippen molar-refractivity contribution in [2.45, 2.75) is 10.7 Å². The Bertz CT molecular complexity index is 141. The van der Waals surface area contributed by atoms with E-state index in [1.165, 1.54) is 6.92 Å². The maximum Gasteiger partial charge on any atom is 0.257 e. The van der Waals surface area contributed by atoms with Crippen LogP contribution in [0.1, 0.15) is 6.92 Å². The Hall–Kier alpha value is -0.0900. The zero-order valence-corrected chi connectivity index (χ0v) is 6.99. The number of primary amides is 1. The third-order valence-corrected chi connectivity index (χ3v) is 2.15. The first-order valence-corrected chi connectivity index (χ1v) is 3.25. The van der Waals surface area contributed by atoms with E-state index < -0.39 is 15.5 Å². The van der Waals surface area contributed by atoms with E-state index >= 15 is 0 Å². The number of carbonyl (C=O) groups excluding carboxylic acids is 2. The van der Waals surface area contributed by atoms with Gasteiger partial charge in [-0.25, -0.2) is 0 Å². The summed E-state index contributed by atoms with van der Waals surface area (Å²) in [5.74, 6) is -1.41. The normalized spacial score (nSPS) is 16.3. The molecular formula is C4H5BrClNO2. The van der Waals surface area contributed by atoms with E-state index in [0.717, 1.165) is 0 Å². The number of carbonyl (C=O) groups is 2. The molecule has 5 heteroatoms. The minimum Gasteiger partial charge on any atom is -0.367 e. The largest absolute Gasteiger partial charge is 0.367 e. The monoisotopic (exact) mass is 213 g/mol. The lowest BCUT2D eigenvalue weighted by Gasteiger charge is -2.09. The molecule has 0 aliphatic rings. The van der Waals surface area contributed by atoms with Crippen molar-refractivity contribution in [1.29, 1.82) is 0 Å². The van der Waals surface area contributed by atoms with Gasteiger partial charge in [-0.2, -0.15) is 0 Å². The molecule has 0 saturated carbocycles. The summed E-state index contributed by atoms with van der Waals surface area (Å²) in [7, 11) is 0. The predicted octanol–water partition coefficient (Wildman–Crippen LogP) is 0.391. The minimum atomic E-state index is -1.72. The molecule has 0 rings (SSSR count). The smallest absolute Gasteiger partial charge is 0.257 e. The molecule has 0 heterocycles. The molecular weight excluding hydrogens is 209 g/mol. The fraction of sp³-hybridized carbons (Fsp3) is 0.500. The average Bonchev–Trinajstić information content (AvgIpc) is 1.65. The summed E-state index contributed by atoms with van der Waals surface area (Å²) >= 11 is 7.95. The highest BCUT2D eigenvalue weighted by molar-refractivity contribution is 9.11. The molecule has 1 amide bonds. The molecule has 0 aromatic carbocycles. The summed E-state index contributed by atoms with van der Waals surface area (Å²) < 4.78 is -1.72. The fourth-order valence-electron chi connectivity index (χ4n) is 0.173. The molecule has 0 aliphatic carbocycles. The number of ketones is 1. The number of nitrogens with two attached hydrogens (primary N) is 1. The van der Waals surface area contributed by atoms with Crippen LogP contribution in [0.2, 0.25) is 0 Å². The lowest BCUT2D eigenvalue weighted by molar-refractivity contribution is -0.125. The topological polar surface area (TPSA) is 60.2 Å². The number of hydrogen-bond donors (Lipinski definition) is 1. The van der Waals surface area contributed by atoms with E-state index in [4.69, 9.17) is 17.3 Å². The number of alkyl halides is 2. The average molecular weight is 214 g/mol. The first-order valence-electron chi connectivity index (χ1n) is 2.07. The van der Waals surface area contributed by atoms with Gasteiger partial charge in [0.1, 0.15) is 0 Å². The van der Waals surface area contributed by atoms with Crippen LogP contribution in [-0.2, 0) is 9.59 Å². The zero-order chi connectivity index (χ0) is 7.65. The summed E-state index contributed by atoms with van der Waals surface area (Å²) in [4.78, 5) is 20.7. The van der Waals surface area contributed by atoms with Gasteiger partial charge in [-0.1, -0.05) is 11.6 Å². The quantitative estimate of drug-likeness (QED) is 0.534. The summed E-state index contributed by atoms with van der Waals surface area (Å²) in [6.07, 6.45) is 0. The van der Waals surface area contributed by atoms with Gasteiger partial charge in [-0.05, 0) is 22.9 Å². The zero-order valence-electron chi connectivity index (χ0n) is 4.65. The lowest BCUT2D eigenvalue weighted by Crippen LogP contribution is -2.38. The van der Waals surface area contributed by atoms with Gasteiger partial charge in [0.25, 0.3) is 5.91 Å². The Morgan fingerprint density at radius 1 is 1.67 bits per heavy atom. The minimum absolute atomic E-state index is 0.517. The van der Waals surface area contributed by atoms with Crippen molar-refractivity contribution in [2.24, 2.45) is 5.73 Å². The molecule has 0 radical (unpaired) electrons. The maximum absolute atomic E-state index is 10.4. The van der Waals surface area contributed by atoms with Crippen molar-refractivity contribution >= 4 is 39.2 Å². The predicted molar refractivity (Wildman–Crippen MR) is 37.4 cm³/mol. The van der Waals surface area contributed by atoms with Crippen LogP contribution in [0, 0.1) is 0 Å². The maximum atomic E-state index is 10.4. The van der Waals surface area contributed by atoms with Crippen molar-refractivity contribution in [1.82, 2.24) is 0 Å². The number of halogens is 2. The van der Waals surface area contributed by atoms with Crippen molar-refractivity contribution in [3.05, 3.63) is 0 Å². The van der Waals surface area contributed by atoms with E-state index in [1.54, 1.807) is 0 Å². The van der Waals surface area contributed by atoms with E-state index in [-0.39, 0.29) is 0 Å². The van der Waals surface area contributed by atoms with E-state index in [0.29, 0.717) is 0 Å². The standard InChI is InChI=1S/C4H5BrClNO2/c1-2(8)4(5,6)3(7)9/h1H3,(H2,7,9). The molecule has 3 nitrogen and oxygen atoms in total.